The molecule has 1 heterocycles. The molecule has 6 heteroatoms. The summed E-state index contributed by atoms with van der Waals surface area (Å²) in [5.41, 5.74) is 3.43. The highest BCUT2D eigenvalue weighted by Crippen LogP contribution is 2.27. The second kappa shape index (κ2) is 10.1. The minimum absolute atomic E-state index is 0. The molecule has 146 valence electrons. The van der Waals surface area contributed by atoms with Crippen molar-refractivity contribution < 1.29 is 14.6 Å². The van der Waals surface area contributed by atoms with Crippen molar-refractivity contribution in [1.82, 2.24) is 4.90 Å². The second-order valence-corrected chi connectivity index (χ2v) is 7.16. The molecule has 0 radical (unpaired) electrons. The quantitative estimate of drug-likeness (QED) is 0.737. The molecule has 1 atom stereocenters. The zero-order chi connectivity index (χ0) is 18.5. The lowest BCUT2D eigenvalue weighted by Gasteiger charge is -2.34. The van der Waals surface area contributed by atoms with Crippen LogP contribution in [0, 0.1) is 0 Å². The zero-order valence-electron chi connectivity index (χ0n) is 15.3. The zero-order valence-corrected chi connectivity index (χ0v) is 16.9. The Bertz CT molecular complexity index is 743. The number of ether oxygens (including phenoxy) is 1. The first-order chi connectivity index (χ1) is 12.5. The number of carboxylic acids is 1. The smallest absolute Gasteiger partial charge is 0.320 e. The molecule has 4 nitrogen and oxygen atoms in total. The largest absolute Gasteiger partial charge is 0.480 e. The Morgan fingerprint density at radius 2 is 1.81 bits per heavy atom. The van der Waals surface area contributed by atoms with Crippen LogP contribution in [-0.4, -0.2) is 41.2 Å². The maximum Gasteiger partial charge on any atom is 0.320 e. The highest BCUT2D eigenvalue weighted by atomic mass is 35.5. The van der Waals surface area contributed by atoms with Crippen LogP contribution < -0.4 is 0 Å². The Morgan fingerprint density at radius 3 is 2.44 bits per heavy atom. The van der Waals surface area contributed by atoms with E-state index in [4.69, 9.17) is 21.4 Å². The number of benzene rings is 2. The number of likely N-dealkylation sites (tertiary alicyclic amines) is 1. The Balaban J connectivity index is 0.00000261. The van der Waals surface area contributed by atoms with Gasteiger partial charge in [0.15, 0.2) is 0 Å². The highest BCUT2D eigenvalue weighted by Gasteiger charge is 2.26. The number of carboxylic acid groups (broad SMARTS) is 1. The van der Waals surface area contributed by atoms with Gasteiger partial charge in [0, 0.05) is 18.1 Å². The Hall–Kier alpha value is -1.59. The van der Waals surface area contributed by atoms with E-state index in [2.05, 4.69) is 12.1 Å². The van der Waals surface area contributed by atoms with Crippen LogP contribution in [0.2, 0.25) is 5.02 Å². The molecule has 0 bridgehead atoms. The lowest BCUT2D eigenvalue weighted by Crippen LogP contribution is -2.45. The van der Waals surface area contributed by atoms with Crippen molar-refractivity contribution in [2.75, 3.05) is 13.1 Å². The van der Waals surface area contributed by atoms with Crippen LogP contribution in [0.25, 0.3) is 11.1 Å². The summed E-state index contributed by atoms with van der Waals surface area (Å²) in [6, 6.07) is 15.6. The minimum atomic E-state index is -0.763. The normalized spacial score (nSPS) is 16.5. The van der Waals surface area contributed by atoms with Gasteiger partial charge in [0.1, 0.15) is 6.04 Å². The molecular weight excluding hydrogens is 385 g/mol. The number of hydrogen-bond acceptors (Lipinski definition) is 3. The Kier molecular flexibility index (Phi) is 8.11. The molecule has 27 heavy (non-hydrogen) atoms. The van der Waals surface area contributed by atoms with Crippen molar-refractivity contribution in [3.05, 3.63) is 59.1 Å². The summed E-state index contributed by atoms with van der Waals surface area (Å²) in [4.78, 5) is 13.1. The average Bonchev–Trinajstić information content (AvgIpc) is 2.67. The van der Waals surface area contributed by atoms with Crippen molar-refractivity contribution in [2.24, 2.45) is 0 Å². The number of aliphatic carboxylic acids is 1. The van der Waals surface area contributed by atoms with Gasteiger partial charge in [-0.15, -0.1) is 12.4 Å². The maximum atomic E-state index is 11.1. The molecular formula is C21H25Cl2NO3. The number of halogens is 2. The van der Waals surface area contributed by atoms with Crippen molar-refractivity contribution in [2.45, 2.75) is 38.5 Å². The summed E-state index contributed by atoms with van der Waals surface area (Å²) in [5.74, 6) is -0.763. The van der Waals surface area contributed by atoms with Crippen molar-refractivity contribution in [3.63, 3.8) is 0 Å². The topological polar surface area (TPSA) is 49.8 Å². The van der Waals surface area contributed by atoms with Gasteiger partial charge in [-0.1, -0.05) is 48.0 Å². The summed E-state index contributed by atoms with van der Waals surface area (Å²) >= 11 is 5.99. The van der Waals surface area contributed by atoms with E-state index in [1.54, 1.807) is 6.92 Å². The minimum Gasteiger partial charge on any atom is -0.480 e. The first-order valence-electron chi connectivity index (χ1n) is 8.97. The van der Waals surface area contributed by atoms with E-state index in [9.17, 15) is 4.79 Å². The number of carbonyl (C=O) groups is 1. The maximum absolute atomic E-state index is 11.1. The number of nitrogens with zero attached hydrogens (tertiary/aromatic N) is 1. The summed E-state index contributed by atoms with van der Waals surface area (Å²) in [6.45, 7) is 3.82. The molecule has 0 spiro atoms. The van der Waals surface area contributed by atoms with E-state index in [-0.39, 0.29) is 18.5 Å². The molecule has 3 rings (SSSR count). The van der Waals surface area contributed by atoms with Gasteiger partial charge in [-0.3, -0.25) is 9.69 Å². The summed E-state index contributed by atoms with van der Waals surface area (Å²) < 4.78 is 6.14. The van der Waals surface area contributed by atoms with E-state index in [0.29, 0.717) is 6.61 Å². The predicted molar refractivity (Wildman–Crippen MR) is 111 cm³/mol. The van der Waals surface area contributed by atoms with E-state index in [0.717, 1.165) is 47.6 Å². The first-order valence-corrected chi connectivity index (χ1v) is 9.34. The molecule has 1 fully saturated rings. The molecule has 0 aliphatic carbocycles. The molecule has 1 N–H and O–H groups in total. The third kappa shape index (κ3) is 5.69. The lowest BCUT2D eigenvalue weighted by molar-refractivity contribution is -0.143. The van der Waals surface area contributed by atoms with Gasteiger partial charge >= 0.3 is 5.97 Å². The molecule has 2 aromatic rings. The molecule has 0 amide bonds. The van der Waals surface area contributed by atoms with Gasteiger partial charge in [-0.05, 0) is 48.6 Å². The van der Waals surface area contributed by atoms with E-state index in [1.165, 1.54) is 0 Å². The average molecular weight is 410 g/mol. The van der Waals surface area contributed by atoms with Crippen LogP contribution in [0.3, 0.4) is 0 Å². The van der Waals surface area contributed by atoms with Gasteiger partial charge in [-0.2, -0.15) is 0 Å². The molecule has 0 aromatic heterocycles. The van der Waals surface area contributed by atoms with Crippen LogP contribution >= 0.6 is 24.0 Å². The van der Waals surface area contributed by atoms with Gasteiger partial charge in [0.2, 0.25) is 0 Å². The molecule has 2 aromatic carbocycles. The Morgan fingerprint density at radius 1 is 1.19 bits per heavy atom. The predicted octanol–water partition coefficient (Wildman–Crippen LogP) is 4.88. The first kappa shape index (κ1) is 21.7. The Labute approximate surface area is 171 Å². The number of rotatable bonds is 6. The van der Waals surface area contributed by atoms with E-state index in [1.807, 2.05) is 41.3 Å². The monoisotopic (exact) mass is 409 g/mol. The van der Waals surface area contributed by atoms with Gasteiger partial charge in [0.05, 0.1) is 12.7 Å². The molecule has 1 aliphatic heterocycles. The van der Waals surface area contributed by atoms with Crippen molar-refractivity contribution in [3.8, 4) is 11.1 Å². The van der Waals surface area contributed by atoms with Crippen LogP contribution in [0.1, 0.15) is 25.3 Å². The lowest BCUT2D eigenvalue weighted by atomic mass is 10.00. The van der Waals surface area contributed by atoms with Gasteiger partial charge in [0.25, 0.3) is 0 Å². The molecule has 1 aliphatic rings. The summed E-state index contributed by atoms with van der Waals surface area (Å²) in [6.07, 6.45) is 1.90. The van der Waals surface area contributed by atoms with Gasteiger partial charge < -0.3 is 9.84 Å². The third-order valence-electron chi connectivity index (χ3n) is 5.03. The number of hydrogen-bond donors (Lipinski definition) is 1. The standard InChI is InChI=1S/C21H24ClNO3.ClH/c1-15(21(24)25)23-12-10-19(11-13-23)26-14-17-4-2-3-5-20(17)16-6-8-18(22)9-7-16;/h2-9,15,19H,10-14H2,1H3,(H,24,25);1H. The fraction of sp³-hybridized carbons (Fsp3) is 0.381. The summed E-state index contributed by atoms with van der Waals surface area (Å²) in [7, 11) is 0. The summed E-state index contributed by atoms with van der Waals surface area (Å²) in [5, 5.41) is 9.85. The SMILES string of the molecule is CC(C(=O)O)N1CCC(OCc2ccccc2-c2ccc(Cl)cc2)CC1.Cl. The van der Waals surface area contributed by atoms with Crippen LogP contribution in [0.4, 0.5) is 0 Å². The molecule has 0 saturated carbocycles. The fourth-order valence-electron chi connectivity index (χ4n) is 3.35. The van der Waals surface area contributed by atoms with Crippen LogP contribution in [-0.2, 0) is 16.1 Å². The highest BCUT2D eigenvalue weighted by molar-refractivity contribution is 6.30. The van der Waals surface area contributed by atoms with Gasteiger partial charge in [-0.25, -0.2) is 0 Å². The van der Waals surface area contributed by atoms with Crippen LogP contribution in [0.15, 0.2) is 48.5 Å². The molecule has 1 unspecified atom stereocenters. The van der Waals surface area contributed by atoms with Crippen molar-refractivity contribution >= 4 is 30.0 Å². The second-order valence-electron chi connectivity index (χ2n) is 6.72. The van der Waals surface area contributed by atoms with E-state index >= 15 is 0 Å². The fourth-order valence-corrected chi connectivity index (χ4v) is 3.48. The van der Waals surface area contributed by atoms with E-state index < -0.39 is 12.0 Å². The number of piperidine rings is 1. The third-order valence-corrected chi connectivity index (χ3v) is 5.28. The van der Waals surface area contributed by atoms with Crippen molar-refractivity contribution in [1.29, 1.82) is 0 Å². The molecule has 1 saturated heterocycles. The van der Waals surface area contributed by atoms with Crippen LogP contribution in [0.5, 0.6) is 0 Å².